The lowest BCUT2D eigenvalue weighted by Crippen LogP contribution is -2.29. The summed E-state index contributed by atoms with van der Waals surface area (Å²) in [5.41, 5.74) is 1.44. The van der Waals surface area contributed by atoms with Gasteiger partial charge in [0.25, 0.3) is 0 Å². The Labute approximate surface area is 137 Å². The highest BCUT2D eigenvalue weighted by atomic mass is 32.2. The Kier molecular flexibility index (Phi) is 4.46. The minimum absolute atomic E-state index is 0.114. The van der Waals surface area contributed by atoms with Crippen LogP contribution in [0.4, 0.5) is 0 Å². The van der Waals surface area contributed by atoms with Gasteiger partial charge in [-0.25, -0.2) is 8.42 Å². The van der Waals surface area contributed by atoms with Crippen molar-refractivity contribution in [1.29, 1.82) is 5.26 Å². The number of hydrogen-bond donors (Lipinski definition) is 0. The monoisotopic (exact) mass is 326 g/mol. The van der Waals surface area contributed by atoms with Crippen LogP contribution in [0.3, 0.4) is 0 Å². The number of benzene rings is 2. The van der Waals surface area contributed by atoms with E-state index >= 15 is 0 Å². The van der Waals surface area contributed by atoms with Crippen LogP contribution in [-0.4, -0.2) is 25.8 Å². The fourth-order valence-corrected chi connectivity index (χ4v) is 4.73. The second-order valence-electron chi connectivity index (χ2n) is 5.82. The van der Waals surface area contributed by atoms with Gasteiger partial charge in [-0.05, 0) is 36.5 Å². The molecule has 23 heavy (non-hydrogen) atoms. The largest absolute Gasteiger partial charge is 0.244 e. The number of sulfonamides is 1. The second kappa shape index (κ2) is 6.53. The molecular weight excluding hydrogens is 308 g/mol. The molecule has 1 unspecified atom stereocenters. The summed E-state index contributed by atoms with van der Waals surface area (Å²) in [5.74, 6) is 0.321. The summed E-state index contributed by atoms with van der Waals surface area (Å²) in [4.78, 5) is 0.114. The summed E-state index contributed by atoms with van der Waals surface area (Å²) in [6.07, 6.45) is 1.73. The zero-order chi connectivity index (χ0) is 16.3. The van der Waals surface area contributed by atoms with E-state index in [0.29, 0.717) is 19.0 Å². The SMILES string of the molecule is N#Cc1ccccc1S(=O)(=O)N1CCC(Cc2ccccc2)C1. The lowest BCUT2D eigenvalue weighted by molar-refractivity contribution is 0.456. The van der Waals surface area contributed by atoms with E-state index in [-0.39, 0.29) is 10.5 Å². The summed E-state index contributed by atoms with van der Waals surface area (Å²) in [6.45, 7) is 1.02. The van der Waals surface area contributed by atoms with Gasteiger partial charge in [0.05, 0.1) is 10.5 Å². The van der Waals surface area contributed by atoms with Crippen LogP contribution in [0.5, 0.6) is 0 Å². The van der Waals surface area contributed by atoms with E-state index in [2.05, 4.69) is 12.1 Å². The molecule has 0 saturated carbocycles. The molecule has 0 amide bonds. The van der Waals surface area contributed by atoms with Crippen molar-refractivity contribution in [2.45, 2.75) is 17.7 Å². The highest BCUT2D eigenvalue weighted by Gasteiger charge is 2.33. The Balaban J connectivity index is 1.77. The maximum absolute atomic E-state index is 12.8. The van der Waals surface area contributed by atoms with Crippen LogP contribution in [0, 0.1) is 17.2 Å². The van der Waals surface area contributed by atoms with Gasteiger partial charge in [0.1, 0.15) is 6.07 Å². The Hall–Kier alpha value is -2.16. The number of nitriles is 1. The van der Waals surface area contributed by atoms with Crippen molar-refractivity contribution < 1.29 is 8.42 Å². The van der Waals surface area contributed by atoms with E-state index in [9.17, 15) is 8.42 Å². The van der Waals surface area contributed by atoms with E-state index in [1.807, 2.05) is 24.3 Å². The first-order valence-electron chi connectivity index (χ1n) is 7.64. The van der Waals surface area contributed by atoms with Crippen molar-refractivity contribution in [3.8, 4) is 6.07 Å². The van der Waals surface area contributed by atoms with E-state index in [1.54, 1.807) is 18.2 Å². The molecule has 1 heterocycles. The van der Waals surface area contributed by atoms with Crippen molar-refractivity contribution in [3.63, 3.8) is 0 Å². The maximum Gasteiger partial charge on any atom is 0.244 e. The fourth-order valence-electron chi connectivity index (χ4n) is 3.05. The molecule has 0 aliphatic carbocycles. The smallest absolute Gasteiger partial charge is 0.207 e. The Morgan fingerprint density at radius 3 is 2.52 bits per heavy atom. The minimum atomic E-state index is -3.60. The van der Waals surface area contributed by atoms with Crippen molar-refractivity contribution in [2.24, 2.45) is 5.92 Å². The van der Waals surface area contributed by atoms with E-state index in [0.717, 1.165) is 12.8 Å². The highest BCUT2D eigenvalue weighted by Crippen LogP contribution is 2.28. The third-order valence-corrected chi connectivity index (χ3v) is 6.16. The van der Waals surface area contributed by atoms with Crippen molar-refractivity contribution in [1.82, 2.24) is 4.31 Å². The van der Waals surface area contributed by atoms with Crippen LogP contribution < -0.4 is 0 Å². The van der Waals surface area contributed by atoms with E-state index in [4.69, 9.17) is 5.26 Å². The summed E-state index contributed by atoms with van der Waals surface area (Å²) < 4.78 is 27.1. The topological polar surface area (TPSA) is 61.2 Å². The lowest BCUT2D eigenvalue weighted by Gasteiger charge is -2.17. The Morgan fingerprint density at radius 2 is 1.78 bits per heavy atom. The van der Waals surface area contributed by atoms with Gasteiger partial charge in [0.2, 0.25) is 10.0 Å². The highest BCUT2D eigenvalue weighted by molar-refractivity contribution is 7.89. The van der Waals surface area contributed by atoms with Gasteiger partial charge in [-0.2, -0.15) is 9.57 Å². The first-order chi connectivity index (χ1) is 11.1. The van der Waals surface area contributed by atoms with Gasteiger partial charge >= 0.3 is 0 Å². The predicted octanol–water partition coefficient (Wildman–Crippen LogP) is 2.81. The van der Waals surface area contributed by atoms with Crippen molar-refractivity contribution in [2.75, 3.05) is 13.1 Å². The average molecular weight is 326 g/mol. The lowest BCUT2D eigenvalue weighted by atomic mass is 9.99. The molecule has 2 aromatic rings. The Bertz CT molecular complexity index is 826. The quantitative estimate of drug-likeness (QED) is 0.868. The molecule has 1 atom stereocenters. The van der Waals surface area contributed by atoms with E-state index < -0.39 is 10.0 Å². The standard InChI is InChI=1S/C18H18N2O2S/c19-13-17-8-4-5-9-18(17)23(21,22)20-11-10-16(14-20)12-15-6-2-1-3-7-15/h1-9,16H,10-12,14H2. The van der Waals surface area contributed by atoms with Crippen LogP contribution in [0.2, 0.25) is 0 Å². The number of nitrogens with zero attached hydrogens (tertiary/aromatic N) is 2. The molecule has 0 N–H and O–H groups in total. The van der Waals surface area contributed by atoms with Gasteiger partial charge in [-0.15, -0.1) is 0 Å². The van der Waals surface area contributed by atoms with Gasteiger partial charge in [0, 0.05) is 13.1 Å². The molecule has 2 aromatic carbocycles. The van der Waals surface area contributed by atoms with E-state index in [1.165, 1.54) is 15.9 Å². The van der Waals surface area contributed by atoms with Gasteiger partial charge < -0.3 is 0 Å². The van der Waals surface area contributed by atoms with Crippen molar-refractivity contribution in [3.05, 3.63) is 65.7 Å². The first kappa shape index (κ1) is 15.7. The normalized spacial score (nSPS) is 18.7. The summed E-state index contributed by atoms with van der Waals surface area (Å²) in [7, 11) is -3.60. The molecule has 3 rings (SSSR count). The average Bonchev–Trinajstić information content (AvgIpc) is 3.05. The number of rotatable bonds is 4. The van der Waals surface area contributed by atoms with Crippen molar-refractivity contribution >= 4 is 10.0 Å². The molecule has 0 spiro atoms. The molecule has 0 bridgehead atoms. The first-order valence-corrected chi connectivity index (χ1v) is 9.08. The number of hydrogen-bond acceptors (Lipinski definition) is 3. The third kappa shape index (κ3) is 3.29. The zero-order valence-electron chi connectivity index (χ0n) is 12.7. The molecule has 4 nitrogen and oxygen atoms in total. The van der Waals surface area contributed by atoms with Gasteiger partial charge in [-0.3, -0.25) is 0 Å². The molecule has 5 heteroatoms. The summed E-state index contributed by atoms with van der Waals surface area (Å²) >= 11 is 0. The van der Waals surface area contributed by atoms with Crippen LogP contribution in [0.25, 0.3) is 0 Å². The summed E-state index contributed by atoms with van der Waals surface area (Å²) in [5, 5.41) is 9.14. The molecule has 0 aromatic heterocycles. The van der Waals surface area contributed by atoms with Crippen LogP contribution in [-0.2, 0) is 16.4 Å². The molecule has 1 aliphatic rings. The van der Waals surface area contributed by atoms with Crippen LogP contribution in [0.1, 0.15) is 17.5 Å². The maximum atomic E-state index is 12.8. The molecular formula is C18H18N2O2S. The zero-order valence-corrected chi connectivity index (χ0v) is 13.5. The fraction of sp³-hybridized carbons (Fsp3) is 0.278. The summed E-state index contributed by atoms with van der Waals surface area (Å²) in [6, 6.07) is 18.5. The molecule has 1 saturated heterocycles. The van der Waals surface area contributed by atoms with Crippen LogP contribution in [0.15, 0.2) is 59.5 Å². The molecule has 0 radical (unpaired) electrons. The molecule has 1 fully saturated rings. The molecule has 1 aliphatic heterocycles. The van der Waals surface area contributed by atoms with Gasteiger partial charge in [-0.1, -0.05) is 42.5 Å². The third-order valence-electron chi connectivity index (χ3n) is 4.24. The second-order valence-corrected chi connectivity index (χ2v) is 7.72. The minimum Gasteiger partial charge on any atom is -0.207 e. The predicted molar refractivity (Wildman–Crippen MR) is 88.2 cm³/mol. The van der Waals surface area contributed by atoms with Gasteiger partial charge in [0.15, 0.2) is 0 Å². The van der Waals surface area contributed by atoms with Crippen LogP contribution >= 0.6 is 0 Å². The molecule has 118 valence electrons. The Morgan fingerprint density at radius 1 is 1.09 bits per heavy atom.